The number of benzene rings is 1. The fourth-order valence-electron chi connectivity index (χ4n) is 2.42. The first-order valence-electron chi connectivity index (χ1n) is 6.30. The van der Waals surface area contributed by atoms with Crippen LogP contribution in [-0.2, 0) is 5.41 Å². The van der Waals surface area contributed by atoms with Gasteiger partial charge in [0.05, 0.1) is 11.9 Å². The number of nitrogens with one attached hydrogen (secondary N) is 2. The summed E-state index contributed by atoms with van der Waals surface area (Å²) < 4.78 is 26.6. The number of H-pyrrole nitrogens is 1. The van der Waals surface area contributed by atoms with Crippen LogP contribution in [0.5, 0.6) is 0 Å². The summed E-state index contributed by atoms with van der Waals surface area (Å²) in [4.78, 5) is 7.52. The Morgan fingerprint density at radius 1 is 1.37 bits per heavy atom. The second kappa shape index (κ2) is 4.42. The highest BCUT2D eigenvalue weighted by Crippen LogP contribution is 2.46. The van der Waals surface area contributed by atoms with Gasteiger partial charge in [-0.25, -0.2) is 13.8 Å². The Morgan fingerprint density at radius 3 is 2.79 bits per heavy atom. The summed E-state index contributed by atoms with van der Waals surface area (Å²) in [7, 11) is 1.91. The number of halogens is 2. The van der Waals surface area contributed by atoms with Gasteiger partial charge in [0, 0.05) is 23.6 Å². The van der Waals surface area contributed by atoms with Gasteiger partial charge in [0.25, 0.3) is 0 Å². The van der Waals surface area contributed by atoms with Crippen LogP contribution in [0.2, 0.25) is 0 Å². The highest BCUT2D eigenvalue weighted by atomic mass is 19.1. The van der Waals surface area contributed by atoms with Crippen LogP contribution in [0.25, 0.3) is 11.3 Å². The van der Waals surface area contributed by atoms with Crippen LogP contribution in [-0.4, -0.2) is 23.6 Å². The molecule has 100 valence electrons. The van der Waals surface area contributed by atoms with Crippen LogP contribution in [0.4, 0.5) is 8.78 Å². The first-order valence-corrected chi connectivity index (χ1v) is 6.30. The Balaban J connectivity index is 1.93. The molecule has 3 rings (SSSR count). The average Bonchev–Trinajstić information content (AvgIpc) is 2.99. The zero-order chi connectivity index (χ0) is 13.5. The summed E-state index contributed by atoms with van der Waals surface area (Å²) in [5.74, 6) is -0.274. The van der Waals surface area contributed by atoms with Crippen molar-refractivity contribution < 1.29 is 8.78 Å². The predicted molar refractivity (Wildman–Crippen MR) is 68.8 cm³/mol. The first-order chi connectivity index (χ1) is 9.14. The fraction of sp³-hybridized carbons (Fsp3) is 0.357. The number of likely N-dealkylation sites (N-methyl/N-ethyl adjacent to an activating group) is 1. The number of aromatic amines is 1. The molecule has 1 aromatic heterocycles. The summed E-state index contributed by atoms with van der Waals surface area (Å²) in [6, 6.07) is 3.56. The van der Waals surface area contributed by atoms with Gasteiger partial charge in [-0.2, -0.15) is 0 Å². The number of rotatable bonds is 4. The highest BCUT2D eigenvalue weighted by Gasteiger charge is 2.46. The van der Waals surface area contributed by atoms with Crippen molar-refractivity contribution in [3.8, 4) is 11.3 Å². The number of hydrogen-bond donors (Lipinski definition) is 2. The molecule has 1 heterocycles. The first kappa shape index (κ1) is 12.3. The molecule has 0 bridgehead atoms. The quantitative estimate of drug-likeness (QED) is 0.890. The van der Waals surface area contributed by atoms with Gasteiger partial charge in [0.2, 0.25) is 0 Å². The van der Waals surface area contributed by atoms with Gasteiger partial charge < -0.3 is 10.3 Å². The maximum atomic E-state index is 13.7. The van der Waals surface area contributed by atoms with Crippen LogP contribution < -0.4 is 5.32 Å². The predicted octanol–water partition coefficient (Wildman–Crippen LogP) is 2.61. The van der Waals surface area contributed by atoms with Crippen LogP contribution >= 0.6 is 0 Å². The molecule has 0 radical (unpaired) electrons. The van der Waals surface area contributed by atoms with Crippen LogP contribution in [0.15, 0.2) is 24.4 Å². The minimum absolute atomic E-state index is 0.0590. The Hall–Kier alpha value is -1.75. The largest absolute Gasteiger partial charge is 0.341 e. The van der Waals surface area contributed by atoms with Crippen LogP contribution in [0.1, 0.15) is 18.7 Å². The zero-order valence-electron chi connectivity index (χ0n) is 10.6. The van der Waals surface area contributed by atoms with Gasteiger partial charge >= 0.3 is 0 Å². The second-order valence-electron chi connectivity index (χ2n) is 5.08. The molecule has 0 unspecified atom stereocenters. The van der Waals surface area contributed by atoms with Crippen molar-refractivity contribution in [1.29, 1.82) is 0 Å². The lowest BCUT2D eigenvalue weighted by molar-refractivity contribution is 0.584. The Bertz CT molecular complexity index is 602. The molecule has 5 heteroatoms. The third kappa shape index (κ3) is 2.14. The second-order valence-corrected chi connectivity index (χ2v) is 5.08. The lowest BCUT2D eigenvalue weighted by atomic mass is 10.1. The van der Waals surface area contributed by atoms with Crippen molar-refractivity contribution in [3.05, 3.63) is 41.9 Å². The maximum Gasteiger partial charge on any atom is 0.135 e. The van der Waals surface area contributed by atoms with E-state index < -0.39 is 11.6 Å². The summed E-state index contributed by atoms with van der Waals surface area (Å²) in [6.45, 7) is 0.853. The van der Waals surface area contributed by atoms with E-state index in [1.54, 1.807) is 6.20 Å². The van der Waals surface area contributed by atoms with E-state index in [1.165, 1.54) is 12.1 Å². The van der Waals surface area contributed by atoms with Crippen molar-refractivity contribution in [1.82, 2.24) is 15.3 Å². The molecule has 1 saturated carbocycles. The molecule has 1 aliphatic carbocycles. The lowest BCUT2D eigenvalue weighted by Gasteiger charge is -2.10. The minimum Gasteiger partial charge on any atom is -0.341 e. The molecule has 0 spiro atoms. The standard InChI is InChI=1S/C14H15F2N3/c1-17-8-14(4-5-14)13-18-7-12(19-13)10-3-2-9(15)6-11(10)16/h2-3,6-7,17H,4-5,8H2,1H3,(H,18,19). The minimum atomic E-state index is -0.575. The van der Waals surface area contributed by atoms with Gasteiger partial charge in [-0.05, 0) is 32.0 Å². The van der Waals surface area contributed by atoms with Gasteiger partial charge in [0.1, 0.15) is 17.5 Å². The van der Waals surface area contributed by atoms with E-state index in [2.05, 4.69) is 15.3 Å². The fourth-order valence-corrected chi connectivity index (χ4v) is 2.42. The number of nitrogens with zero attached hydrogens (tertiary/aromatic N) is 1. The Morgan fingerprint density at radius 2 is 2.16 bits per heavy atom. The van der Waals surface area contributed by atoms with Crippen molar-refractivity contribution in [2.75, 3.05) is 13.6 Å². The van der Waals surface area contributed by atoms with Crippen molar-refractivity contribution in [2.24, 2.45) is 0 Å². The third-order valence-corrected chi connectivity index (χ3v) is 3.67. The van der Waals surface area contributed by atoms with Crippen LogP contribution in [0, 0.1) is 11.6 Å². The normalized spacial score (nSPS) is 16.6. The Labute approximate surface area is 110 Å². The molecule has 0 amide bonds. The summed E-state index contributed by atoms with van der Waals surface area (Å²) >= 11 is 0. The molecule has 0 saturated heterocycles. The van der Waals surface area contributed by atoms with Crippen molar-refractivity contribution >= 4 is 0 Å². The van der Waals surface area contributed by atoms with E-state index >= 15 is 0 Å². The molecule has 1 aliphatic rings. The van der Waals surface area contributed by atoms with Crippen molar-refractivity contribution in [3.63, 3.8) is 0 Å². The highest BCUT2D eigenvalue weighted by molar-refractivity contribution is 5.59. The molecule has 2 aromatic rings. The molecule has 1 aromatic carbocycles. The van der Waals surface area contributed by atoms with Gasteiger partial charge in [-0.1, -0.05) is 0 Å². The molecule has 19 heavy (non-hydrogen) atoms. The van der Waals surface area contributed by atoms with Crippen LogP contribution in [0.3, 0.4) is 0 Å². The van der Waals surface area contributed by atoms with E-state index in [1.807, 2.05) is 7.05 Å². The summed E-state index contributed by atoms with van der Waals surface area (Å²) in [5.41, 5.74) is 0.999. The van der Waals surface area contributed by atoms with Gasteiger partial charge in [0.15, 0.2) is 0 Å². The van der Waals surface area contributed by atoms with E-state index in [0.29, 0.717) is 11.3 Å². The number of aromatic nitrogens is 2. The topological polar surface area (TPSA) is 40.7 Å². The molecule has 0 aliphatic heterocycles. The van der Waals surface area contributed by atoms with E-state index in [0.717, 1.165) is 31.3 Å². The van der Waals surface area contributed by atoms with E-state index in [9.17, 15) is 8.78 Å². The molecule has 1 fully saturated rings. The Kier molecular flexibility index (Phi) is 2.86. The van der Waals surface area contributed by atoms with Gasteiger partial charge in [-0.3, -0.25) is 0 Å². The zero-order valence-corrected chi connectivity index (χ0v) is 10.6. The molecular formula is C14H15F2N3. The van der Waals surface area contributed by atoms with E-state index in [4.69, 9.17) is 0 Å². The number of imidazole rings is 1. The summed E-state index contributed by atoms with van der Waals surface area (Å²) in [6.07, 6.45) is 3.76. The SMILES string of the molecule is CNCC1(c2ncc(-c3ccc(F)cc3F)[nH]2)CC1. The monoisotopic (exact) mass is 263 g/mol. The third-order valence-electron chi connectivity index (χ3n) is 3.67. The smallest absolute Gasteiger partial charge is 0.135 e. The molecule has 0 atom stereocenters. The number of hydrogen-bond acceptors (Lipinski definition) is 2. The van der Waals surface area contributed by atoms with E-state index in [-0.39, 0.29) is 5.41 Å². The lowest BCUT2D eigenvalue weighted by Crippen LogP contribution is -2.24. The average molecular weight is 263 g/mol. The van der Waals surface area contributed by atoms with Gasteiger partial charge in [-0.15, -0.1) is 0 Å². The summed E-state index contributed by atoms with van der Waals surface area (Å²) in [5, 5.41) is 3.15. The molecule has 2 N–H and O–H groups in total. The maximum absolute atomic E-state index is 13.7. The molecular weight excluding hydrogens is 248 g/mol. The molecule has 3 nitrogen and oxygen atoms in total. The van der Waals surface area contributed by atoms with Crippen molar-refractivity contribution in [2.45, 2.75) is 18.3 Å².